The number of hydrogen-bond acceptors (Lipinski definition) is 2. The standard InChI is InChI=1S/C16H24O3/c1-13-8-10-15(11-9-13)19-12-6-4-3-5-7-14(2)16(17)18/h8-11,14H,3-7,12H2,1-2H3,(H,17,18). The van der Waals surface area contributed by atoms with Crippen molar-refractivity contribution in [3.63, 3.8) is 0 Å². The molecule has 19 heavy (non-hydrogen) atoms. The summed E-state index contributed by atoms with van der Waals surface area (Å²) in [5.74, 6) is 0.0108. The third-order valence-electron chi connectivity index (χ3n) is 3.24. The van der Waals surface area contributed by atoms with Crippen molar-refractivity contribution >= 4 is 5.97 Å². The number of benzene rings is 1. The van der Waals surface area contributed by atoms with Crippen LogP contribution in [-0.4, -0.2) is 17.7 Å². The molecule has 0 aliphatic heterocycles. The Morgan fingerprint density at radius 3 is 2.42 bits per heavy atom. The van der Waals surface area contributed by atoms with Gasteiger partial charge < -0.3 is 9.84 Å². The molecule has 0 saturated heterocycles. The predicted molar refractivity (Wildman–Crippen MR) is 76.6 cm³/mol. The van der Waals surface area contributed by atoms with Crippen molar-refractivity contribution in [3.8, 4) is 5.75 Å². The van der Waals surface area contributed by atoms with Crippen LogP contribution >= 0.6 is 0 Å². The van der Waals surface area contributed by atoms with Gasteiger partial charge in [0.2, 0.25) is 0 Å². The van der Waals surface area contributed by atoms with Crippen LogP contribution in [0.25, 0.3) is 0 Å². The molecule has 1 aromatic rings. The monoisotopic (exact) mass is 264 g/mol. The lowest BCUT2D eigenvalue weighted by Gasteiger charge is -2.07. The fraction of sp³-hybridized carbons (Fsp3) is 0.562. The van der Waals surface area contributed by atoms with Gasteiger partial charge in [0.15, 0.2) is 0 Å². The zero-order valence-corrected chi connectivity index (χ0v) is 11.9. The van der Waals surface area contributed by atoms with E-state index in [1.54, 1.807) is 6.92 Å². The fourth-order valence-electron chi connectivity index (χ4n) is 1.85. The van der Waals surface area contributed by atoms with Gasteiger partial charge >= 0.3 is 5.97 Å². The van der Waals surface area contributed by atoms with Crippen molar-refractivity contribution in [3.05, 3.63) is 29.8 Å². The lowest BCUT2D eigenvalue weighted by atomic mass is 10.0. The minimum atomic E-state index is -0.692. The van der Waals surface area contributed by atoms with E-state index in [2.05, 4.69) is 6.92 Å². The summed E-state index contributed by atoms with van der Waals surface area (Å²) in [4.78, 5) is 10.6. The van der Waals surface area contributed by atoms with E-state index in [0.29, 0.717) is 0 Å². The number of aryl methyl sites for hydroxylation is 1. The van der Waals surface area contributed by atoms with Gasteiger partial charge in [-0.05, 0) is 31.9 Å². The second-order valence-corrected chi connectivity index (χ2v) is 5.10. The maximum Gasteiger partial charge on any atom is 0.306 e. The summed E-state index contributed by atoms with van der Waals surface area (Å²) in [7, 11) is 0. The van der Waals surface area contributed by atoms with Gasteiger partial charge in [-0.1, -0.05) is 43.9 Å². The molecule has 1 atom stereocenters. The number of aliphatic carboxylic acids is 1. The van der Waals surface area contributed by atoms with Crippen molar-refractivity contribution in [2.24, 2.45) is 5.92 Å². The van der Waals surface area contributed by atoms with E-state index in [1.165, 1.54) is 5.56 Å². The third-order valence-corrected chi connectivity index (χ3v) is 3.24. The molecule has 0 saturated carbocycles. The first-order valence-electron chi connectivity index (χ1n) is 7.02. The Labute approximate surface area is 115 Å². The molecule has 0 radical (unpaired) electrons. The lowest BCUT2D eigenvalue weighted by Crippen LogP contribution is -2.08. The first-order chi connectivity index (χ1) is 9.09. The summed E-state index contributed by atoms with van der Waals surface area (Å²) in [5, 5.41) is 8.75. The molecule has 0 heterocycles. The van der Waals surface area contributed by atoms with E-state index in [9.17, 15) is 4.79 Å². The van der Waals surface area contributed by atoms with Gasteiger partial charge in [-0.3, -0.25) is 4.79 Å². The number of rotatable bonds is 9. The van der Waals surface area contributed by atoms with E-state index >= 15 is 0 Å². The van der Waals surface area contributed by atoms with Gasteiger partial charge in [-0.25, -0.2) is 0 Å². The van der Waals surface area contributed by atoms with E-state index < -0.39 is 5.97 Å². The summed E-state index contributed by atoms with van der Waals surface area (Å²) in [6.45, 7) is 4.56. The Kier molecular flexibility index (Phi) is 7.01. The number of ether oxygens (including phenoxy) is 1. The maximum atomic E-state index is 10.6. The molecule has 0 spiro atoms. The summed E-state index contributed by atoms with van der Waals surface area (Å²) >= 11 is 0. The Morgan fingerprint density at radius 1 is 1.16 bits per heavy atom. The van der Waals surface area contributed by atoms with Crippen molar-refractivity contribution in [1.82, 2.24) is 0 Å². The van der Waals surface area contributed by atoms with E-state index in [1.807, 2.05) is 24.3 Å². The zero-order chi connectivity index (χ0) is 14.1. The Balaban J connectivity index is 1.99. The van der Waals surface area contributed by atoms with Crippen LogP contribution in [0.5, 0.6) is 5.75 Å². The van der Waals surface area contributed by atoms with Crippen LogP contribution in [0.2, 0.25) is 0 Å². The van der Waals surface area contributed by atoms with Crippen LogP contribution in [0.4, 0.5) is 0 Å². The Bertz CT molecular complexity index is 370. The van der Waals surface area contributed by atoms with Gasteiger partial charge in [0, 0.05) is 0 Å². The molecule has 3 heteroatoms. The number of unbranched alkanes of at least 4 members (excludes halogenated alkanes) is 3. The first-order valence-corrected chi connectivity index (χ1v) is 7.02. The average Bonchev–Trinajstić information content (AvgIpc) is 2.39. The van der Waals surface area contributed by atoms with E-state index in [-0.39, 0.29) is 5.92 Å². The van der Waals surface area contributed by atoms with Crippen LogP contribution < -0.4 is 4.74 Å². The fourth-order valence-corrected chi connectivity index (χ4v) is 1.85. The molecule has 0 fully saturated rings. The number of carboxylic acids is 1. The number of carboxylic acid groups (broad SMARTS) is 1. The number of carbonyl (C=O) groups is 1. The van der Waals surface area contributed by atoms with Crippen LogP contribution in [0, 0.1) is 12.8 Å². The van der Waals surface area contributed by atoms with Gasteiger partial charge in [0.05, 0.1) is 12.5 Å². The summed E-state index contributed by atoms with van der Waals surface area (Å²) in [6, 6.07) is 8.07. The van der Waals surface area contributed by atoms with Crippen LogP contribution in [0.3, 0.4) is 0 Å². The van der Waals surface area contributed by atoms with Crippen LogP contribution in [-0.2, 0) is 4.79 Å². The highest BCUT2D eigenvalue weighted by Crippen LogP contribution is 2.13. The van der Waals surface area contributed by atoms with Crippen molar-refractivity contribution in [2.45, 2.75) is 46.0 Å². The molecule has 0 aliphatic rings. The second-order valence-electron chi connectivity index (χ2n) is 5.10. The smallest absolute Gasteiger partial charge is 0.306 e. The van der Waals surface area contributed by atoms with Crippen molar-refractivity contribution in [1.29, 1.82) is 0 Å². The minimum Gasteiger partial charge on any atom is -0.494 e. The highest BCUT2D eigenvalue weighted by Gasteiger charge is 2.09. The topological polar surface area (TPSA) is 46.5 Å². The maximum absolute atomic E-state index is 10.6. The predicted octanol–water partition coefficient (Wildman–Crippen LogP) is 4.05. The molecule has 0 bridgehead atoms. The van der Waals surface area contributed by atoms with Gasteiger partial charge in [0.25, 0.3) is 0 Å². The van der Waals surface area contributed by atoms with E-state index in [0.717, 1.165) is 44.5 Å². The first kappa shape index (κ1) is 15.5. The van der Waals surface area contributed by atoms with Crippen LogP contribution in [0.15, 0.2) is 24.3 Å². The summed E-state index contributed by atoms with van der Waals surface area (Å²) in [6.07, 6.45) is 4.95. The molecule has 3 nitrogen and oxygen atoms in total. The Hall–Kier alpha value is -1.51. The van der Waals surface area contributed by atoms with Crippen molar-refractivity contribution in [2.75, 3.05) is 6.61 Å². The molecule has 1 rings (SSSR count). The molecular weight excluding hydrogens is 240 g/mol. The van der Waals surface area contributed by atoms with Crippen molar-refractivity contribution < 1.29 is 14.6 Å². The molecule has 1 aromatic carbocycles. The Morgan fingerprint density at radius 2 is 1.79 bits per heavy atom. The molecule has 0 aromatic heterocycles. The lowest BCUT2D eigenvalue weighted by molar-refractivity contribution is -0.141. The third kappa shape index (κ3) is 6.85. The van der Waals surface area contributed by atoms with E-state index in [4.69, 9.17) is 9.84 Å². The summed E-state index contributed by atoms with van der Waals surface area (Å²) in [5.41, 5.74) is 1.24. The molecule has 1 N–H and O–H groups in total. The largest absolute Gasteiger partial charge is 0.494 e. The quantitative estimate of drug-likeness (QED) is 0.684. The van der Waals surface area contributed by atoms with Gasteiger partial charge in [-0.2, -0.15) is 0 Å². The minimum absolute atomic E-state index is 0.219. The van der Waals surface area contributed by atoms with Gasteiger partial charge in [-0.15, -0.1) is 0 Å². The molecule has 1 unspecified atom stereocenters. The highest BCUT2D eigenvalue weighted by atomic mass is 16.5. The second kappa shape index (κ2) is 8.57. The SMILES string of the molecule is Cc1ccc(OCCCCCCC(C)C(=O)O)cc1. The number of hydrogen-bond donors (Lipinski definition) is 1. The average molecular weight is 264 g/mol. The normalized spacial score (nSPS) is 12.1. The molecule has 106 valence electrons. The van der Waals surface area contributed by atoms with Crippen LogP contribution in [0.1, 0.15) is 44.6 Å². The highest BCUT2D eigenvalue weighted by molar-refractivity contribution is 5.69. The molecular formula is C16H24O3. The zero-order valence-electron chi connectivity index (χ0n) is 11.9. The molecule has 0 aliphatic carbocycles. The molecule has 0 amide bonds. The summed E-state index contributed by atoms with van der Waals surface area (Å²) < 4.78 is 5.63. The van der Waals surface area contributed by atoms with Gasteiger partial charge in [0.1, 0.15) is 5.75 Å².